The normalized spacial score (nSPS) is 12.5. The van der Waals surface area contributed by atoms with Crippen LogP contribution in [-0.2, 0) is 0 Å². The summed E-state index contributed by atoms with van der Waals surface area (Å²) in [5.74, 6) is -0.416. The molecule has 0 aliphatic rings. The molecule has 19 heavy (non-hydrogen) atoms. The van der Waals surface area contributed by atoms with E-state index < -0.39 is 5.38 Å². The first-order chi connectivity index (χ1) is 8.91. The fourth-order valence-corrected chi connectivity index (χ4v) is 2.36. The molecule has 0 radical (unpaired) electrons. The number of nitrogens with zero attached hydrogens (tertiary/aromatic N) is 1. The Morgan fingerprint density at radius 2 is 2.00 bits per heavy atom. The highest BCUT2D eigenvalue weighted by Gasteiger charge is 2.19. The van der Waals surface area contributed by atoms with Crippen molar-refractivity contribution in [1.29, 1.82) is 0 Å². The SMILES string of the molecule is Cc1cc(C(=O)C(C)Cl)c(C)n1-c1cccc(F)c1. The molecule has 0 saturated carbocycles. The van der Waals surface area contributed by atoms with Gasteiger partial charge in [0.2, 0.25) is 0 Å². The van der Waals surface area contributed by atoms with E-state index >= 15 is 0 Å². The molecular weight excluding hydrogens is 265 g/mol. The molecule has 0 saturated heterocycles. The maximum atomic E-state index is 13.3. The highest BCUT2D eigenvalue weighted by molar-refractivity contribution is 6.33. The molecule has 100 valence electrons. The van der Waals surface area contributed by atoms with E-state index in [1.165, 1.54) is 12.1 Å². The van der Waals surface area contributed by atoms with E-state index in [2.05, 4.69) is 0 Å². The van der Waals surface area contributed by atoms with Crippen molar-refractivity contribution < 1.29 is 9.18 Å². The van der Waals surface area contributed by atoms with Gasteiger partial charge in [-0.25, -0.2) is 4.39 Å². The minimum atomic E-state index is -0.568. The van der Waals surface area contributed by atoms with Gasteiger partial charge in [-0.05, 0) is 45.0 Å². The number of hydrogen-bond acceptors (Lipinski definition) is 1. The third-order valence-electron chi connectivity index (χ3n) is 3.12. The average molecular weight is 280 g/mol. The summed E-state index contributed by atoms with van der Waals surface area (Å²) >= 11 is 5.85. The lowest BCUT2D eigenvalue weighted by Gasteiger charge is -2.10. The van der Waals surface area contributed by atoms with Gasteiger partial charge >= 0.3 is 0 Å². The van der Waals surface area contributed by atoms with Gasteiger partial charge in [-0.3, -0.25) is 4.79 Å². The molecule has 0 N–H and O–H groups in total. The van der Waals surface area contributed by atoms with E-state index in [0.717, 1.165) is 11.4 Å². The molecule has 2 nitrogen and oxygen atoms in total. The van der Waals surface area contributed by atoms with Crippen LogP contribution in [0.15, 0.2) is 30.3 Å². The number of rotatable bonds is 3. The summed E-state index contributed by atoms with van der Waals surface area (Å²) in [5, 5.41) is -0.568. The number of aromatic nitrogens is 1. The van der Waals surface area contributed by atoms with E-state index in [4.69, 9.17) is 11.6 Å². The molecule has 0 bridgehead atoms. The van der Waals surface area contributed by atoms with E-state index in [9.17, 15) is 9.18 Å². The van der Waals surface area contributed by atoms with Crippen molar-refractivity contribution in [3.05, 3.63) is 53.1 Å². The van der Waals surface area contributed by atoms with Crippen LogP contribution in [0.1, 0.15) is 28.7 Å². The van der Waals surface area contributed by atoms with Gasteiger partial charge in [-0.15, -0.1) is 11.6 Å². The number of halogens is 2. The Hall–Kier alpha value is -1.61. The molecule has 0 fully saturated rings. The molecule has 0 spiro atoms. The number of carbonyl (C=O) groups is 1. The number of carbonyl (C=O) groups excluding carboxylic acids is 1. The monoisotopic (exact) mass is 279 g/mol. The second kappa shape index (κ2) is 5.17. The summed E-state index contributed by atoms with van der Waals surface area (Å²) in [6, 6.07) is 8.08. The number of hydrogen-bond donors (Lipinski definition) is 0. The van der Waals surface area contributed by atoms with Crippen LogP contribution in [0, 0.1) is 19.7 Å². The van der Waals surface area contributed by atoms with Gasteiger partial charge in [0, 0.05) is 22.6 Å². The smallest absolute Gasteiger partial charge is 0.182 e. The maximum Gasteiger partial charge on any atom is 0.182 e. The Balaban J connectivity index is 2.57. The van der Waals surface area contributed by atoms with Crippen LogP contribution in [0.25, 0.3) is 5.69 Å². The quantitative estimate of drug-likeness (QED) is 0.614. The first kappa shape index (κ1) is 13.8. The number of ketones is 1. The third kappa shape index (κ3) is 2.56. The van der Waals surface area contributed by atoms with Gasteiger partial charge in [0.1, 0.15) is 5.82 Å². The lowest BCUT2D eigenvalue weighted by molar-refractivity contribution is 0.0991. The Morgan fingerprint density at radius 1 is 1.32 bits per heavy atom. The molecule has 1 heterocycles. The predicted molar refractivity (Wildman–Crippen MR) is 74.8 cm³/mol. The number of aryl methyl sites for hydroxylation is 1. The van der Waals surface area contributed by atoms with Crippen LogP contribution < -0.4 is 0 Å². The van der Waals surface area contributed by atoms with E-state index in [-0.39, 0.29) is 11.6 Å². The van der Waals surface area contributed by atoms with Gasteiger partial charge in [0.25, 0.3) is 0 Å². The van der Waals surface area contributed by atoms with Gasteiger partial charge in [0.05, 0.1) is 5.38 Å². The summed E-state index contributed by atoms with van der Waals surface area (Å²) in [5.41, 5.74) is 2.95. The molecule has 2 aromatic rings. The van der Waals surface area contributed by atoms with Crippen molar-refractivity contribution in [2.24, 2.45) is 0 Å². The second-order valence-corrected chi connectivity index (χ2v) is 5.23. The van der Waals surface area contributed by atoms with Gasteiger partial charge in [-0.2, -0.15) is 0 Å². The zero-order valence-electron chi connectivity index (χ0n) is 11.1. The predicted octanol–water partition coefficient (Wildman–Crippen LogP) is 4.04. The van der Waals surface area contributed by atoms with Gasteiger partial charge < -0.3 is 4.57 Å². The molecule has 4 heteroatoms. The summed E-state index contributed by atoms with van der Waals surface area (Å²) in [4.78, 5) is 12.0. The molecule has 1 unspecified atom stereocenters. The van der Waals surface area contributed by atoms with Crippen LogP contribution in [-0.4, -0.2) is 15.7 Å². The molecule has 0 aliphatic heterocycles. The Bertz CT molecular complexity index is 631. The first-order valence-electron chi connectivity index (χ1n) is 6.05. The lowest BCUT2D eigenvalue weighted by Crippen LogP contribution is -2.11. The van der Waals surface area contributed by atoms with E-state index in [1.54, 1.807) is 19.1 Å². The van der Waals surface area contributed by atoms with Crippen molar-refractivity contribution >= 4 is 17.4 Å². The zero-order valence-corrected chi connectivity index (χ0v) is 11.8. The van der Waals surface area contributed by atoms with E-state index in [0.29, 0.717) is 11.3 Å². The average Bonchev–Trinajstić information content (AvgIpc) is 2.63. The Labute approximate surface area is 116 Å². The summed E-state index contributed by atoms with van der Waals surface area (Å²) < 4.78 is 15.2. The topological polar surface area (TPSA) is 22.0 Å². The van der Waals surface area contributed by atoms with Crippen molar-refractivity contribution in [3.8, 4) is 5.69 Å². The number of Topliss-reactive ketones (excluding diaryl/α,β-unsaturated/α-hetero) is 1. The zero-order chi connectivity index (χ0) is 14.2. The van der Waals surface area contributed by atoms with Crippen LogP contribution in [0.4, 0.5) is 4.39 Å². The number of benzene rings is 1. The number of alkyl halides is 1. The Morgan fingerprint density at radius 3 is 2.58 bits per heavy atom. The molecule has 1 aromatic heterocycles. The highest BCUT2D eigenvalue weighted by atomic mass is 35.5. The highest BCUT2D eigenvalue weighted by Crippen LogP contribution is 2.23. The van der Waals surface area contributed by atoms with Crippen LogP contribution >= 0.6 is 11.6 Å². The Kier molecular flexibility index (Phi) is 3.76. The molecule has 1 aromatic carbocycles. The van der Waals surface area contributed by atoms with Crippen LogP contribution in [0.2, 0.25) is 0 Å². The maximum absolute atomic E-state index is 13.3. The minimum Gasteiger partial charge on any atom is -0.318 e. The first-order valence-corrected chi connectivity index (χ1v) is 6.48. The fourth-order valence-electron chi connectivity index (χ4n) is 2.24. The third-order valence-corrected chi connectivity index (χ3v) is 3.32. The van der Waals surface area contributed by atoms with Crippen molar-refractivity contribution in [2.45, 2.75) is 26.1 Å². The van der Waals surface area contributed by atoms with Crippen molar-refractivity contribution in [2.75, 3.05) is 0 Å². The molecule has 0 amide bonds. The molecule has 0 aliphatic carbocycles. The summed E-state index contributed by atoms with van der Waals surface area (Å²) in [7, 11) is 0. The largest absolute Gasteiger partial charge is 0.318 e. The minimum absolute atomic E-state index is 0.114. The second-order valence-electron chi connectivity index (χ2n) is 4.58. The lowest BCUT2D eigenvalue weighted by atomic mass is 10.1. The fraction of sp³-hybridized carbons (Fsp3) is 0.267. The molecule has 1 atom stereocenters. The standard InChI is InChI=1S/C15H15ClFNO/c1-9-7-14(15(19)10(2)16)11(3)18(9)13-6-4-5-12(17)8-13/h4-8,10H,1-3H3. The summed E-state index contributed by atoms with van der Waals surface area (Å²) in [6.07, 6.45) is 0. The van der Waals surface area contributed by atoms with Crippen LogP contribution in [0.3, 0.4) is 0 Å². The molecule has 2 rings (SSSR count). The van der Waals surface area contributed by atoms with Gasteiger partial charge in [0.15, 0.2) is 5.78 Å². The van der Waals surface area contributed by atoms with Crippen molar-refractivity contribution in [3.63, 3.8) is 0 Å². The summed E-state index contributed by atoms with van der Waals surface area (Å²) in [6.45, 7) is 5.37. The molecular formula is C15H15ClFNO. The van der Waals surface area contributed by atoms with Crippen LogP contribution in [0.5, 0.6) is 0 Å². The van der Waals surface area contributed by atoms with E-state index in [1.807, 2.05) is 24.5 Å². The van der Waals surface area contributed by atoms with Crippen molar-refractivity contribution in [1.82, 2.24) is 4.57 Å². The van der Waals surface area contributed by atoms with Gasteiger partial charge in [-0.1, -0.05) is 6.07 Å².